The first kappa shape index (κ1) is 26.0. The van der Waals surface area contributed by atoms with E-state index in [4.69, 9.17) is 0 Å². The number of hydrogen-bond acceptors (Lipinski definition) is 2. The number of hydrogen-bond donors (Lipinski definition) is 0. The molecule has 1 saturated heterocycles. The molecule has 1 rings (SSSR count). The smallest absolute Gasteiger partial charge is 0.345 e. The van der Waals surface area contributed by atoms with E-state index in [0.717, 1.165) is 13.8 Å². The van der Waals surface area contributed by atoms with Crippen molar-refractivity contribution < 1.29 is 70.9 Å². The molecule has 174 valence electrons. The van der Waals surface area contributed by atoms with Crippen LogP contribution in [0.5, 0.6) is 0 Å². The molecule has 0 aromatic heterocycles. The molecule has 0 saturated carbocycles. The van der Waals surface area contributed by atoms with Crippen molar-refractivity contribution in [3.8, 4) is 0 Å². The number of ether oxygens (including phenoxy) is 2. The van der Waals surface area contributed by atoms with Gasteiger partial charge in [-0.3, -0.25) is 0 Å². The van der Waals surface area contributed by atoms with Crippen LogP contribution in [0.2, 0.25) is 0 Å². The molecule has 1 fully saturated rings. The van der Waals surface area contributed by atoms with Crippen molar-refractivity contribution in [3.05, 3.63) is 0 Å². The summed E-state index contributed by atoms with van der Waals surface area (Å²) in [6, 6.07) is 0. The summed E-state index contributed by atoms with van der Waals surface area (Å²) in [5.74, 6) is -38.9. The van der Waals surface area contributed by atoms with Crippen molar-refractivity contribution in [2.24, 2.45) is 0 Å². The van der Waals surface area contributed by atoms with E-state index < -0.39 is 60.0 Å². The minimum Gasteiger partial charge on any atom is -0.345 e. The molecular formula is C13H12F14O2. The summed E-state index contributed by atoms with van der Waals surface area (Å²) in [6.07, 6.45) is -18.2. The second-order valence-corrected chi connectivity index (χ2v) is 6.64. The van der Waals surface area contributed by atoms with Crippen LogP contribution < -0.4 is 0 Å². The van der Waals surface area contributed by atoms with Crippen LogP contribution in [0.3, 0.4) is 0 Å². The first-order valence-corrected chi connectivity index (χ1v) is 7.33. The van der Waals surface area contributed by atoms with E-state index in [-0.39, 0.29) is 0 Å². The summed E-state index contributed by atoms with van der Waals surface area (Å²) in [5.41, 5.74) is 0. The topological polar surface area (TPSA) is 18.5 Å². The van der Waals surface area contributed by atoms with Gasteiger partial charge < -0.3 is 9.47 Å². The molecule has 1 heterocycles. The Kier molecular flexibility index (Phi) is 6.02. The Morgan fingerprint density at radius 1 is 0.690 bits per heavy atom. The van der Waals surface area contributed by atoms with Gasteiger partial charge in [0.25, 0.3) is 0 Å². The van der Waals surface area contributed by atoms with Crippen molar-refractivity contribution in [1.29, 1.82) is 0 Å². The predicted octanol–water partition coefficient (Wildman–Crippen LogP) is 5.60. The van der Waals surface area contributed by atoms with Crippen LogP contribution in [0.25, 0.3) is 0 Å². The standard InChI is InChI=1S/C13H12F14O2/c1-4-5(29-7(2,3)28-4)8(15,16)6(14)9(17,18)10(19,20)11(21,22)12(23,24)13(25,26)27/h4-6H,1-3H3. The Labute approximate surface area is 153 Å². The Hall–Kier alpha value is -1.06. The van der Waals surface area contributed by atoms with Crippen molar-refractivity contribution in [2.45, 2.75) is 80.7 Å². The summed E-state index contributed by atoms with van der Waals surface area (Å²) in [4.78, 5) is 0. The van der Waals surface area contributed by atoms with Crippen molar-refractivity contribution in [1.82, 2.24) is 0 Å². The number of rotatable bonds is 6. The normalized spacial score (nSPS) is 26.0. The highest BCUT2D eigenvalue weighted by Gasteiger charge is 2.89. The molecule has 0 N–H and O–H groups in total. The molecule has 29 heavy (non-hydrogen) atoms. The lowest BCUT2D eigenvalue weighted by Gasteiger charge is -2.40. The van der Waals surface area contributed by atoms with Gasteiger partial charge in [-0.05, 0) is 20.8 Å². The van der Waals surface area contributed by atoms with Gasteiger partial charge >= 0.3 is 35.8 Å². The van der Waals surface area contributed by atoms with E-state index in [1.54, 1.807) is 0 Å². The van der Waals surface area contributed by atoms with Crippen LogP contribution in [0.15, 0.2) is 0 Å². The second kappa shape index (κ2) is 6.72. The van der Waals surface area contributed by atoms with Crippen molar-refractivity contribution in [3.63, 3.8) is 0 Å². The van der Waals surface area contributed by atoms with E-state index in [9.17, 15) is 61.5 Å². The number of halogens is 14. The highest BCUT2D eigenvalue weighted by atomic mass is 19.4. The molecular weight excluding hydrogens is 454 g/mol. The van der Waals surface area contributed by atoms with Gasteiger partial charge in [-0.25, -0.2) is 13.2 Å². The lowest BCUT2D eigenvalue weighted by Crippen LogP contribution is -2.70. The lowest BCUT2D eigenvalue weighted by atomic mass is 9.90. The van der Waals surface area contributed by atoms with Gasteiger partial charge in [-0.1, -0.05) is 0 Å². The zero-order valence-corrected chi connectivity index (χ0v) is 14.3. The van der Waals surface area contributed by atoms with Gasteiger partial charge in [0.1, 0.15) is 0 Å². The molecule has 0 aromatic rings. The SMILES string of the molecule is CC1OC(C)(C)OC1C(F)(F)C(F)C(F)(F)C(F)(F)C(F)(F)C(F)(F)C(F)(F)F. The molecule has 0 spiro atoms. The molecule has 3 atom stereocenters. The summed E-state index contributed by atoms with van der Waals surface area (Å²) in [5, 5.41) is 0. The van der Waals surface area contributed by atoms with Crippen LogP contribution >= 0.6 is 0 Å². The fourth-order valence-corrected chi connectivity index (χ4v) is 2.46. The van der Waals surface area contributed by atoms with Crippen LogP contribution in [0.1, 0.15) is 20.8 Å². The Balaban J connectivity index is 3.41. The molecule has 3 unspecified atom stereocenters. The molecule has 0 aromatic carbocycles. The van der Waals surface area contributed by atoms with Crippen LogP contribution in [0.4, 0.5) is 61.5 Å². The highest BCUT2D eigenvalue weighted by Crippen LogP contribution is 2.60. The second-order valence-electron chi connectivity index (χ2n) is 6.64. The minimum atomic E-state index is -8.00. The van der Waals surface area contributed by atoms with Gasteiger partial charge in [-0.15, -0.1) is 0 Å². The predicted molar refractivity (Wildman–Crippen MR) is 65.2 cm³/mol. The maximum absolute atomic E-state index is 14.0. The highest BCUT2D eigenvalue weighted by molar-refractivity contribution is 5.11. The monoisotopic (exact) mass is 466 g/mol. The van der Waals surface area contributed by atoms with E-state index in [1.807, 2.05) is 0 Å². The first-order valence-electron chi connectivity index (χ1n) is 7.33. The van der Waals surface area contributed by atoms with E-state index in [0.29, 0.717) is 6.92 Å². The first-order chi connectivity index (χ1) is 12.4. The van der Waals surface area contributed by atoms with Gasteiger partial charge in [0.15, 0.2) is 11.9 Å². The van der Waals surface area contributed by atoms with E-state index in [1.165, 1.54) is 0 Å². The lowest BCUT2D eigenvalue weighted by molar-refractivity contribution is -0.432. The molecule has 0 aliphatic carbocycles. The summed E-state index contributed by atoms with van der Waals surface area (Å²) < 4.78 is 192. The molecule has 0 amide bonds. The summed E-state index contributed by atoms with van der Waals surface area (Å²) in [6.45, 7) is 2.47. The van der Waals surface area contributed by atoms with E-state index >= 15 is 0 Å². The van der Waals surface area contributed by atoms with Crippen LogP contribution in [-0.4, -0.2) is 60.0 Å². The Morgan fingerprint density at radius 3 is 1.41 bits per heavy atom. The molecule has 16 heteroatoms. The maximum Gasteiger partial charge on any atom is 0.460 e. The minimum absolute atomic E-state index is 0.669. The fourth-order valence-electron chi connectivity index (χ4n) is 2.46. The van der Waals surface area contributed by atoms with Gasteiger partial charge in [0.05, 0.1) is 6.10 Å². The fraction of sp³-hybridized carbons (Fsp3) is 1.00. The summed E-state index contributed by atoms with van der Waals surface area (Å²) in [7, 11) is 0. The zero-order chi connectivity index (χ0) is 23.6. The van der Waals surface area contributed by atoms with Crippen LogP contribution in [-0.2, 0) is 9.47 Å². The summed E-state index contributed by atoms with van der Waals surface area (Å²) >= 11 is 0. The van der Waals surface area contributed by atoms with Gasteiger partial charge in [-0.2, -0.15) is 48.3 Å². The van der Waals surface area contributed by atoms with E-state index in [2.05, 4.69) is 9.47 Å². The third-order valence-electron chi connectivity index (χ3n) is 3.91. The zero-order valence-electron chi connectivity index (χ0n) is 14.3. The molecule has 2 nitrogen and oxygen atoms in total. The Bertz CT molecular complexity index is 611. The third-order valence-corrected chi connectivity index (χ3v) is 3.91. The number of alkyl halides is 14. The Morgan fingerprint density at radius 2 is 1.10 bits per heavy atom. The largest absolute Gasteiger partial charge is 0.460 e. The molecule has 0 radical (unpaired) electrons. The maximum atomic E-state index is 14.0. The molecule has 1 aliphatic heterocycles. The van der Waals surface area contributed by atoms with Crippen molar-refractivity contribution >= 4 is 0 Å². The third kappa shape index (κ3) is 3.74. The van der Waals surface area contributed by atoms with Gasteiger partial charge in [0.2, 0.25) is 6.17 Å². The quantitative estimate of drug-likeness (QED) is 0.475. The average molecular weight is 466 g/mol. The molecule has 1 aliphatic rings. The van der Waals surface area contributed by atoms with Crippen molar-refractivity contribution in [2.75, 3.05) is 0 Å². The van der Waals surface area contributed by atoms with Crippen LogP contribution in [0, 0.1) is 0 Å². The molecule has 0 bridgehead atoms. The van der Waals surface area contributed by atoms with Gasteiger partial charge in [0, 0.05) is 0 Å². The average Bonchev–Trinajstić information content (AvgIpc) is 2.78.